The Kier molecular flexibility index (Phi) is 7.35. The fourth-order valence-corrected chi connectivity index (χ4v) is 2.48. The van der Waals surface area contributed by atoms with Crippen molar-refractivity contribution in [3.63, 3.8) is 0 Å². The van der Waals surface area contributed by atoms with Crippen molar-refractivity contribution in [3.05, 3.63) is 28.3 Å². The molecule has 0 spiro atoms. The molecule has 1 atom stereocenters. The lowest BCUT2D eigenvalue weighted by Gasteiger charge is -2.16. The van der Waals surface area contributed by atoms with E-state index in [0.29, 0.717) is 25.2 Å². The second kappa shape index (κ2) is 8.50. The molecule has 0 aliphatic carbocycles. The third kappa shape index (κ3) is 5.31. The van der Waals surface area contributed by atoms with Crippen molar-refractivity contribution >= 4 is 11.6 Å². The van der Waals surface area contributed by atoms with Crippen LogP contribution in [0.4, 0.5) is 0 Å². The smallest absolute Gasteiger partial charge is 0.122 e. The van der Waals surface area contributed by atoms with Gasteiger partial charge >= 0.3 is 0 Å². The predicted octanol–water partition coefficient (Wildman–Crippen LogP) is 3.78. The molecule has 0 bridgehead atoms. The molecule has 0 radical (unpaired) electrons. The van der Waals surface area contributed by atoms with Gasteiger partial charge in [0.05, 0.1) is 6.61 Å². The van der Waals surface area contributed by atoms with Gasteiger partial charge in [0, 0.05) is 24.7 Å². The van der Waals surface area contributed by atoms with E-state index < -0.39 is 0 Å². The SMILES string of the molecule is COCC(C)NCCOc1cc(C(C)C)c(Cl)cc1C. The summed E-state index contributed by atoms with van der Waals surface area (Å²) in [6, 6.07) is 4.37. The minimum atomic E-state index is 0.334. The Morgan fingerprint density at radius 1 is 1.25 bits per heavy atom. The van der Waals surface area contributed by atoms with Gasteiger partial charge in [0.2, 0.25) is 0 Å². The number of ether oxygens (including phenoxy) is 2. The number of nitrogens with one attached hydrogen (secondary N) is 1. The zero-order valence-corrected chi connectivity index (χ0v) is 13.9. The summed E-state index contributed by atoms with van der Waals surface area (Å²) in [5.41, 5.74) is 2.21. The highest BCUT2D eigenvalue weighted by molar-refractivity contribution is 6.31. The number of halogens is 1. The Labute approximate surface area is 127 Å². The van der Waals surface area contributed by atoms with Crippen LogP contribution in [0.1, 0.15) is 37.8 Å². The van der Waals surface area contributed by atoms with Crippen LogP contribution in [0.15, 0.2) is 12.1 Å². The molecule has 0 saturated heterocycles. The van der Waals surface area contributed by atoms with Crippen LogP contribution >= 0.6 is 11.6 Å². The van der Waals surface area contributed by atoms with E-state index in [-0.39, 0.29) is 0 Å². The first kappa shape index (κ1) is 17.3. The van der Waals surface area contributed by atoms with Crippen molar-refractivity contribution in [1.29, 1.82) is 0 Å². The van der Waals surface area contributed by atoms with Gasteiger partial charge in [0.1, 0.15) is 12.4 Å². The lowest BCUT2D eigenvalue weighted by Crippen LogP contribution is -2.33. The monoisotopic (exact) mass is 299 g/mol. The Bertz CT molecular complexity index is 421. The van der Waals surface area contributed by atoms with E-state index in [2.05, 4.69) is 32.2 Å². The fourth-order valence-electron chi connectivity index (χ4n) is 2.04. The highest BCUT2D eigenvalue weighted by Crippen LogP contribution is 2.31. The van der Waals surface area contributed by atoms with Crippen LogP contribution in [-0.4, -0.2) is 32.9 Å². The minimum Gasteiger partial charge on any atom is -0.492 e. The number of methoxy groups -OCH3 is 1. The standard InChI is InChI=1S/C16H26ClNO2/c1-11(2)14-9-16(12(3)8-15(14)17)20-7-6-18-13(4)10-19-5/h8-9,11,13,18H,6-7,10H2,1-5H3. The first-order valence-electron chi connectivity index (χ1n) is 7.10. The van der Waals surface area contributed by atoms with Gasteiger partial charge in [0.25, 0.3) is 0 Å². The van der Waals surface area contributed by atoms with E-state index in [1.54, 1.807) is 7.11 Å². The first-order valence-corrected chi connectivity index (χ1v) is 7.48. The number of aryl methyl sites for hydroxylation is 1. The zero-order chi connectivity index (χ0) is 15.1. The molecular formula is C16H26ClNO2. The molecule has 1 rings (SSSR count). The van der Waals surface area contributed by atoms with Crippen LogP contribution in [-0.2, 0) is 4.74 Å². The van der Waals surface area contributed by atoms with Gasteiger partial charge in [-0.1, -0.05) is 25.4 Å². The maximum absolute atomic E-state index is 6.25. The normalized spacial score (nSPS) is 12.8. The summed E-state index contributed by atoms with van der Waals surface area (Å²) in [5.74, 6) is 1.31. The molecule has 0 aliphatic rings. The van der Waals surface area contributed by atoms with Crippen LogP contribution in [0.5, 0.6) is 5.75 Å². The highest BCUT2D eigenvalue weighted by Gasteiger charge is 2.10. The molecule has 0 amide bonds. The van der Waals surface area contributed by atoms with Crippen molar-refractivity contribution in [2.24, 2.45) is 0 Å². The van der Waals surface area contributed by atoms with E-state index in [9.17, 15) is 0 Å². The van der Waals surface area contributed by atoms with Crippen molar-refractivity contribution in [2.45, 2.75) is 39.7 Å². The second-order valence-corrected chi connectivity index (χ2v) is 5.86. The van der Waals surface area contributed by atoms with Gasteiger partial charge in [-0.15, -0.1) is 0 Å². The van der Waals surface area contributed by atoms with Gasteiger partial charge in [-0.05, 0) is 43.0 Å². The summed E-state index contributed by atoms with van der Waals surface area (Å²) in [5, 5.41) is 4.16. The molecule has 0 fully saturated rings. The molecule has 0 heterocycles. The minimum absolute atomic E-state index is 0.334. The van der Waals surface area contributed by atoms with E-state index >= 15 is 0 Å². The maximum Gasteiger partial charge on any atom is 0.122 e. The van der Waals surface area contributed by atoms with Crippen molar-refractivity contribution < 1.29 is 9.47 Å². The first-order chi connectivity index (χ1) is 9.45. The quantitative estimate of drug-likeness (QED) is 0.741. The number of hydrogen-bond acceptors (Lipinski definition) is 3. The summed E-state index contributed by atoms with van der Waals surface area (Å²) in [6.07, 6.45) is 0. The Morgan fingerprint density at radius 2 is 1.95 bits per heavy atom. The van der Waals surface area contributed by atoms with E-state index in [0.717, 1.165) is 28.4 Å². The molecular weight excluding hydrogens is 274 g/mol. The fraction of sp³-hybridized carbons (Fsp3) is 0.625. The summed E-state index contributed by atoms with van der Waals surface area (Å²) < 4.78 is 10.9. The molecule has 4 heteroatoms. The zero-order valence-electron chi connectivity index (χ0n) is 13.1. The molecule has 1 aromatic rings. The number of rotatable bonds is 8. The van der Waals surface area contributed by atoms with Crippen LogP contribution in [0, 0.1) is 6.92 Å². The molecule has 0 aliphatic heterocycles. The molecule has 1 unspecified atom stereocenters. The van der Waals surface area contributed by atoms with Crippen LogP contribution < -0.4 is 10.1 Å². The molecule has 0 saturated carbocycles. The number of benzene rings is 1. The third-order valence-corrected chi connectivity index (χ3v) is 3.51. The third-order valence-electron chi connectivity index (χ3n) is 3.19. The van der Waals surface area contributed by atoms with E-state index in [4.69, 9.17) is 21.1 Å². The molecule has 114 valence electrons. The van der Waals surface area contributed by atoms with Crippen LogP contribution in [0.25, 0.3) is 0 Å². The largest absolute Gasteiger partial charge is 0.492 e. The summed E-state index contributed by atoms with van der Waals surface area (Å²) in [7, 11) is 1.71. The number of hydrogen-bond donors (Lipinski definition) is 1. The van der Waals surface area contributed by atoms with Gasteiger partial charge in [-0.2, -0.15) is 0 Å². The predicted molar refractivity (Wildman–Crippen MR) is 85.1 cm³/mol. The summed E-state index contributed by atoms with van der Waals surface area (Å²) >= 11 is 6.25. The lowest BCUT2D eigenvalue weighted by atomic mass is 10.0. The van der Waals surface area contributed by atoms with Crippen LogP contribution in [0.3, 0.4) is 0 Å². The Morgan fingerprint density at radius 3 is 2.55 bits per heavy atom. The molecule has 1 N–H and O–H groups in total. The van der Waals surface area contributed by atoms with Crippen LogP contribution in [0.2, 0.25) is 5.02 Å². The average Bonchev–Trinajstić information content (AvgIpc) is 2.36. The molecule has 1 aromatic carbocycles. The molecule has 3 nitrogen and oxygen atoms in total. The van der Waals surface area contributed by atoms with Gasteiger partial charge in [0.15, 0.2) is 0 Å². The molecule has 20 heavy (non-hydrogen) atoms. The molecule has 0 aromatic heterocycles. The summed E-state index contributed by atoms with van der Waals surface area (Å²) in [6.45, 7) is 10.5. The average molecular weight is 300 g/mol. The highest BCUT2D eigenvalue weighted by atomic mass is 35.5. The maximum atomic E-state index is 6.25. The van der Waals surface area contributed by atoms with Gasteiger partial charge < -0.3 is 14.8 Å². The second-order valence-electron chi connectivity index (χ2n) is 5.45. The Hall–Kier alpha value is -0.770. The van der Waals surface area contributed by atoms with E-state index in [1.165, 1.54) is 0 Å². The summed E-state index contributed by atoms with van der Waals surface area (Å²) in [4.78, 5) is 0. The van der Waals surface area contributed by atoms with Crippen molar-refractivity contribution in [2.75, 3.05) is 26.9 Å². The topological polar surface area (TPSA) is 30.5 Å². The van der Waals surface area contributed by atoms with Gasteiger partial charge in [-0.25, -0.2) is 0 Å². The van der Waals surface area contributed by atoms with Crippen molar-refractivity contribution in [1.82, 2.24) is 5.32 Å². The van der Waals surface area contributed by atoms with Gasteiger partial charge in [-0.3, -0.25) is 0 Å². The Balaban J connectivity index is 2.53. The van der Waals surface area contributed by atoms with Crippen molar-refractivity contribution in [3.8, 4) is 5.75 Å². The lowest BCUT2D eigenvalue weighted by molar-refractivity contribution is 0.169. The van der Waals surface area contributed by atoms with E-state index in [1.807, 2.05) is 13.0 Å².